The van der Waals surface area contributed by atoms with Crippen LogP contribution in [-0.2, 0) is 6.54 Å². The fraction of sp³-hybridized carbons (Fsp3) is 0.647. The number of hydrogen-bond donors (Lipinski definition) is 1. The van der Waals surface area contributed by atoms with Gasteiger partial charge in [-0.05, 0) is 50.5 Å². The summed E-state index contributed by atoms with van der Waals surface area (Å²) in [4.78, 5) is 5.04. The molecule has 20 heavy (non-hydrogen) atoms. The normalized spacial score (nSPS) is 23.5. The van der Waals surface area contributed by atoms with Crippen molar-refractivity contribution < 1.29 is 0 Å². The minimum absolute atomic E-state index is 0.454. The van der Waals surface area contributed by atoms with E-state index in [0.29, 0.717) is 12.0 Å². The van der Waals surface area contributed by atoms with Gasteiger partial charge in [-0.3, -0.25) is 4.90 Å². The van der Waals surface area contributed by atoms with E-state index in [2.05, 4.69) is 55.0 Å². The van der Waals surface area contributed by atoms with E-state index in [0.717, 1.165) is 13.1 Å². The Balaban J connectivity index is 1.98. The maximum absolute atomic E-state index is 5.73. The maximum Gasteiger partial charge on any atom is 0.0237 e. The predicted molar refractivity (Wildman–Crippen MR) is 85.9 cm³/mol. The van der Waals surface area contributed by atoms with E-state index in [9.17, 15) is 0 Å². The molecular weight excluding hydrogens is 246 g/mol. The van der Waals surface area contributed by atoms with Crippen LogP contribution in [0.5, 0.6) is 0 Å². The lowest BCUT2D eigenvalue weighted by molar-refractivity contribution is 0.194. The molecule has 1 aromatic rings. The second-order valence-corrected chi connectivity index (χ2v) is 6.31. The molecule has 0 bridgehead atoms. The van der Waals surface area contributed by atoms with Gasteiger partial charge in [0, 0.05) is 25.7 Å². The van der Waals surface area contributed by atoms with Crippen LogP contribution in [0.3, 0.4) is 0 Å². The van der Waals surface area contributed by atoms with Crippen LogP contribution in [-0.4, -0.2) is 49.1 Å². The smallest absolute Gasteiger partial charge is 0.0237 e. The van der Waals surface area contributed by atoms with Gasteiger partial charge in [-0.25, -0.2) is 0 Å². The highest BCUT2D eigenvalue weighted by molar-refractivity contribution is 5.25. The first kappa shape index (κ1) is 15.5. The van der Waals surface area contributed by atoms with E-state index in [1.54, 1.807) is 0 Å². The molecule has 2 rings (SSSR count). The van der Waals surface area contributed by atoms with Crippen LogP contribution in [0.1, 0.15) is 37.3 Å². The van der Waals surface area contributed by atoms with E-state index in [1.807, 2.05) is 0 Å². The van der Waals surface area contributed by atoms with E-state index < -0.39 is 0 Å². The van der Waals surface area contributed by atoms with Gasteiger partial charge in [0.1, 0.15) is 0 Å². The predicted octanol–water partition coefficient (Wildman–Crippen LogP) is 2.27. The van der Waals surface area contributed by atoms with Crippen molar-refractivity contribution in [1.29, 1.82) is 0 Å². The highest BCUT2D eigenvalue weighted by Crippen LogP contribution is 2.17. The van der Waals surface area contributed by atoms with Gasteiger partial charge in [-0.2, -0.15) is 0 Å². The zero-order valence-electron chi connectivity index (χ0n) is 13.2. The molecule has 0 saturated carbocycles. The monoisotopic (exact) mass is 275 g/mol. The molecule has 3 nitrogen and oxygen atoms in total. The van der Waals surface area contributed by atoms with Gasteiger partial charge in [-0.15, -0.1) is 0 Å². The molecule has 1 aliphatic rings. The lowest BCUT2D eigenvalue weighted by Gasteiger charge is -2.28. The standard InChI is InChI=1S/C17H29N3/c1-14(11-18)17-7-5-16(6-8-17)13-20-10-4-9-19(3)12-15(20)2/h5-8,14-15H,4,9-13,18H2,1-3H3. The zero-order valence-corrected chi connectivity index (χ0v) is 13.2. The highest BCUT2D eigenvalue weighted by Gasteiger charge is 2.19. The van der Waals surface area contributed by atoms with Crippen LogP contribution < -0.4 is 5.73 Å². The van der Waals surface area contributed by atoms with Gasteiger partial charge >= 0.3 is 0 Å². The summed E-state index contributed by atoms with van der Waals surface area (Å²) in [6.07, 6.45) is 1.27. The molecule has 1 aliphatic heterocycles. The van der Waals surface area contributed by atoms with Crippen LogP contribution in [0.4, 0.5) is 0 Å². The van der Waals surface area contributed by atoms with Crippen LogP contribution >= 0.6 is 0 Å². The van der Waals surface area contributed by atoms with Crippen molar-refractivity contribution in [3.63, 3.8) is 0 Å². The van der Waals surface area contributed by atoms with Crippen molar-refractivity contribution in [2.75, 3.05) is 33.2 Å². The second kappa shape index (κ2) is 7.21. The minimum Gasteiger partial charge on any atom is -0.330 e. The van der Waals surface area contributed by atoms with Crippen molar-refractivity contribution in [3.05, 3.63) is 35.4 Å². The lowest BCUT2D eigenvalue weighted by atomic mass is 10.00. The lowest BCUT2D eigenvalue weighted by Crippen LogP contribution is -2.37. The van der Waals surface area contributed by atoms with E-state index >= 15 is 0 Å². The summed E-state index contributed by atoms with van der Waals surface area (Å²) >= 11 is 0. The van der Waals surface area contributed by atoms with Crippen LogP contribution in [0.25, 0.3) is 0 Å². The van der Waals surface area contributed by atoms with Crippen LogP contribution in [0.2, 0.25) is 0 Å². The Bertz CT molecular complexity index is 401. The number of likely N-dealkylation sites (N-methyl/N-ethyl adjacent to an activating group) is 1. The van der Waals surface area contributed by atoms with Gasteiger partial charge in [0.25, 0.3) is 0 Å². The van der Waals surface area contributed by atoms with Crippen molar-refractivity contribution in [2.24, 2.45) is 5.73 Å². The minimum atomic E-state index is 0.454. The van der Waals surface area contributed by atoms with Crippen molar-refractivity contribution in [2.45, 2.75) is 38.8 Å². The van der Waals surface area contributed by atoms with Crippen LogP contribution in [0.15, 0.2) is 24.3 Å². The molecule has 0 aromatic heterocycles. The molecular formula is C17H29N3. The molecule has 3 heteroatoms. The first-order chi connectivity index (χ1) is 9.60. The number of rotatable bonds is 4. The maximum atomic E-state index is 5.73. The number of nitrogens with two attached hydrogens (primary N) is 1. The molecule has 0 spiro atoms. The number of nitrogens with zero attached hydrogens (tertiary/aromatic N) is 2. The average molecular weight is 275 g/mol. The Morgan fingerprint density at radius 3 is 2.60 bits per heavy atom. The summed E-state index contributed by atoms with van der Waals surface area (Å²) in [5.41, 5.74) is 8.49. The van der Waals surface area contributed by atoms with Gasteiger partial charge < -0.3 is 10.6 Å². The van der Waals surface area contributed by atoms with E-state index in [1.165, 1.54) is 37.2 Å². The molecule has 1 aromatic carbocycles. The van der Waals surface area contributed by atoms with Gasteiger partial charge in [0.2, 0.25) is 0 Å². The molecule has 2 unspecified atom stereocenters. The Morgan fingerprint density at radius 2 is 1.95 bits per heavy atom. The number of benzene rings is 1. The van der Waals surface area contributed by atoms with Gasteiger partial charge in [0.15, 0.2) is 0 Å². The topological polar surface area (TPSA) is 32.5 Å². The summed E-state index contributed by atoms with van der Waals surface area (Å²) < 4.78 is 0. The molecule has 0 aliphatic carbocycles. The third-order valence-corrected chi connectivity index (χ3v) is 4.47. The Kier molecular flexibility index (Phi) is 5.58. The van der Waals surface area contributed by atoms with Gasteiger partial charge in [-0.1, -0.05) is 31.2 Å². The third-order valence-electron chi connectivity index (χ3n) is 4.47. The molecule has 112 valence electrons. The van der Waals surface area contributed by atoms with Crippen molar-refractivity contribution in [3.8, 4) is 0 Å². The first-order valence-electron chi connectivity index (χ1n) is 7.81. The molecule has 1 saturated heterocycles. The Hall–Kier alpha value is -0.900. The quantitative estimate of drug-likeness (QED) is 0.915. The van der Waals surface area contributed by atoms with Gasteiger partial charge in [0.05, 0.1) is 0 Å². The summed E-state index contributed by atoms with van der Waals surface area (Å²) in [6.45, 7) is 9.89. The number of hydrogen-bond acceptors (Lipinski definition) is 3. The van der Waals surface area contributed by atoms with E-state index in [4.69, 9.17) is 5.73 Å². The SMILES string of the molecule is CC(CN)c1ccc(CN2CCCN(C)CC2C)cc1. The molecule has 1 heterocycles. The summed E-state index contributed by atoms with van der Waals surface area (Å²) in [5.74, 6) is 0.454. The average Bonchev–Trinajstić information content (AvgIpc) is 2.60. The first-order valence-corrected chi connectivity index (χ1v) is 7.81. The summed E-state index contributed by atoms with van der Waals surface area (Å²) in [7, 11) is 2.23. The summed E-state index contributed by atoms with van der Waals surface area (Å²) in [6, 6.07) is 9.64. The Morgan fingerprint density at radius 1 is 1.25 bits per heavy atom. The Labute approximate surface area is 123 Å². The zero-order chi connectivity index (χ0) is 14.5. The highest BCUT2D eigenvalue weighted by atomic mass is 15.2. The fourth-order valence-electron chi connectivity index (χ4n) is 2.98. The van der Waals surface area contributed by atoms with Crippen molar-refractivity contribution in [1.82, 2.24) is 9.80 Å². The molecule has 0 amide bonds. The van der Waals surface area contributed by atoms with Crippen molar-refractivity contribution >= 4 is 0 Å². The second-order valence-electron chi connectivity index (χ2n) is 6.31. The molecule has 2 N–H and O–H groups in total. The van der Waals surface area contributed by atoms with Crippen LogP contribution in [0, 0.1) is 0 Å². The summed E-state index contributed by atoms with van der Waals surface area (Å²) in [5, 5.41) is 0. The van der Waals surface area contributed by atoms with E-state index in [-0.39, 0.29) is 0 Å². The fourth-order valence-corrected chi connectivity index (χ4v) is 2.98. The molecule has 1 fully saturated rings. The third kappa shape index (κ3) is 4.05. The largest absolute Gasteiger partial charge is 0.330 e. The molecule has 0 radical (unpaired) electrons. The molecule has 2 atom stereocenters.